The summed E-state index contributed by atoms with van der Waals surface area (Å²) in [5.74, 6) is 0. The third kappa shape index (κ3) is 4.51. The number of hydrogen-bond donors (Lipinski definition) is 3. The van der Waals surface area contributed by atoms with E-state index >= 15 is 0 Å². The number of nitrogens with one attached hydrogen (secondary N) is 2. The van der Waals surface area contributed by atoms with E-state index in [9.17, 15) is 18.0 Å². The molecule has 0 spiro atoms. The maximum Gasteiger partial charge on any atom is 0.416 e. The number of benzene rings is 1. The zero-order valence-corrected chi connectivity index (χ0v) is 12.8. The highest BCUT2D eigenvalue weighted by Crippen LogP contribution is 2.36. The van der Waals surface area contributed by atoms with Crippen LogP contribution in [-0.4, -0.2) is 36.9 Å². The molecule has 1 heterocycles. The van der Waals surface area contributed by atoms with Crippen molar-refractivity contribution in [1.82, 2.24) is 5.32 Å². The molecule has 1 fully saturated rings. The molecule has 128 valence electrons. The number of rotatable bonds is 4. The molecular weight excluding hydrogens is 311 g/mol. The number of aliphatic hydroxyl groups excluding tert-OH is 1. The van der Waals surface area contributed by atoms with Crippen LogP contribution >= 0.6 is 0 Å². The number of aliphatic hydroxyl groups is 1. The molecule has 23 heavy (non-hydrogen) atoms. The van der Waals surface area contributed by atoms with Crippen LogP contribution in [0.25, 0.3) is 0 Å². The summed E-state index contributed by atoms with van der Waals surface area (Å²) in [6.45, 7) is 2.82. The molecule has 8 heteroatoms. The van der Waals surface area contributed by atoms with Crippen LogP contribution in [0.15, 0.2) is 18.2 Å². The van der Waals surface area contributed by atoms with E-state index < -0.39 is 23.8 Å². The topological polar surface area (TPSA) is 64.6 Å². The van der Waals surface area contributed by atoms with Crippen LogP contribution in [-0.2, 0) is 6.18 Å². The van der Waals surface area contributed by atoms with Crippen molar-refractivity contribution in [2.75, 3.05) is 29.9 Å². The standard InChI is InChI=1S/C15H20F3N3O2/c1-10(9-22)19-14(23)20-12-8-11(15(16,17)18)4-5-13(12)21-6-2-3-7-21/h4-5,8,10,22H,2-3,6-7,9H2,1H3,(H2,19,20,23). The molecule has 3 N–H and O–H groups in total. The van der Waals surface area contributed by atoms with E-state index in [0.29, 0.717) is 5.69 Å². The number of carbonyl (C=O) groups is 1. The third-order valence-corrected chi connectivity index (χ3v) is 3.67. The second-order valence-corrected chi connectivity index (χ2v) is 5.61. The Morgan fingerprint density at radius 3 is 2.57 bits per heavy atom. The SMILES string of the molecule is CC(CO)NC(=O)Nc1cc(C(F)(F)F)ccc1N1CCCC1. The summed E-state index contributed by atoms with van der Waals surface area (Å²) in [6.07, 6.45) is -2.54. The van der Waals surface area contributed by atoms with Gasteiger partial charge in [-0.25, -0.2) is 4.79 Å². The molecule has 1 unspecified atom stereocenters. The van der Waals surface area contributed by atoms with E-state index in [-0.39, 0.29) is 12.3 Å². The monoisotopic (exact) mass is 331 g/mol. The van der Waals surface area contributed by atoms with E-state index in [4.69, 9.17) is 5.11 Å². The molecular formula is C15H20F3N3O2. The molecule has 1 aromatic rings. The van der Waals surface area contributed by atoms with Gasteiger partial charge in [0.2, 0.25) is 0 Å². The first-order valence-corrected chi connectivity index (χ1v) is 7.46. The molecule has 5 nitrogen and oxygen atoms in total. The average Bonchev–Trinajstić information content (AvgIpc) is 3.00. The van der Waals surface area contributed by atoms with Crippen molar-refractivity contribution < 1.29 is 23.1 Å². The molecule has 0 bridgehead atoms. The molecule has 1 atom stereocenters. The van der Waals surface area contributed by atoms with Crippen LogP contribution < -0.4 is 15.5 Å². The van der Waals surface area contributed by atoms with Gasteiger partial charge in [-0.05, 0) is 38.0 Å². The molecule has 1 aliphatic rings. The van der Waals surface area contributed by atoms with Crippen molar-refractivity contribution in [3.8, 4) is 0 Å². The lowest BCUT2D eigenvalue weighted by molar-refractivity contribution is -0.137. The van der Waals surface area contributed by atoms with Crippen molar-refractivity contribution in [3.05, 3.63) is 23.8 Å². The van der Waals surface area contributed by atoms with Gasteiger partial charge in [0.05, 0.1) is 29.6 Å². The van der Waals surface area contributed by atoms with Crippen LogP contribution in [0.4, 0.5) is 29.3 Å². The van der Waals surface area contributed by atoms with Gasteiger partial charge in [0.25, 0.3) is 0 Å². The lowest BCUT2D eigenvalue weighted by atomic mass is 10.1. The largest absolute Gasteiger partial charge is 0.416 e. The summed E-state index contributed by atoms with van der Waals surface area (Å²) < 4.78 is 38.7. The first kappa shape index (κ1) is 17.4. The van der Waals surface area contributed by atoms with Crippen molar-refractivity contribution in [3.63, 3.8) is 0 Å². The summed E-state index contributed by atoms with van der Waals surface area (Å²) in [4.78, 5) is 13.8. The second-order valence-electron chi connectivity index (χ2n) is 5.61. The second kappa shape index (κ2) is 7.08. The number of amides is 2. The van der Waals surface area contributed by atoms with Crippen LogP contribution in [0, 0.1) is 0 Å². The van der Waals surface area contributed by atoms with E-state index in [0.717, 1.165) is 38.1 Å². The Morgan fingerprint density at radius 1 is 1.35 bits per heavy atom. The Kier molecular flexibility index (Phi) is 5.35. The van der Waals surface area contributed by atoms with Crippen LogP contribution in [0.5, 0.6) is 0 Å². The zero-order valence-electron chi connectivity index (χ0n) is 12.8. The number of hydrogen-bond acceptors (Lipinski definition) is 3. The Morgan fingerprint density at radius 2 is 2.00 bits per heavy atom. The molecule has 0 radical (unpaired) electrons. The van der Waals surface area contributed by atoms with E-state index in [1.807, 2.05) is 4.90 Å². The van der Waals surface area contributed by atoms with Crippen molar-refractivity contribution in [2.45, 2.75) is 32.0 Å². The summed E-state index contributed by atoms with van der Waals surface area (Å²) in [6, 6.07) is 2.21. The lowest BCUT2D eigenvalue weighted by Gasteiger charge is -2.23. The number of nitrogens with zero attached hydrogens (tertiary/aromatic N) is 1. The lowest BCUT2D eigenvalue weighted by Crippen LogP contribution is -2.38. The van der Waals surface area contributed by atoms with Gasteiger partial charge in [0.1, 0.15) is 0 Å². The van der Waals surface area contributed by atoms with Crippen LogP contribution in [0.1, 0.15) is 25.3 Å². The Balaban J connectivity index is 2.26. The van der Waals surface area contributed by atoms with Gasteiger partial charge in [0, 0.05) is 13.1 Å². The molecule has 0 aliphatic carbocycles. The fourth-order valence-corrected chi connectivity index (χ4v) is 2.47. The minimum atomic E-state index is -4.48. The number of alkyl halides is 3. The summed E-state index contributed by atoms with van der Waals surface area (Å²) in [5.41, 5.74) is -0.127. The minimum Gasteiger partial charge on any atom is -0.394 e. The smallest absolute Gasteiger partial charge is 0.394 e. The maximum absolute atomic E-state index is 12.9. The van der Waals surface area contributed by atoms with E-state index in [1.54, 1.807) is 6.92 Å². The summed E-state index contributed by atoms with van der Waals surface area (Å²) in [7, 11) is 0. The minimum absolute atomic E-state index is 0.115. The van der Waals surface area contributed by atoms with Gasteiger partial charge >= 0.3 is 12.2 Å². The molecule has 0 aromatic heterocycles. The molecule has 1 aromatic carbocycles. The highest BCUT2D eigenvalue weighted by Gasteiger charge is 2.32. The fraction of sp³-hybridized carbons (Fsp3) is 0.533. The van der Waals surface area contributed by atoms with Crippen molar-refractivity contribution in [1.29, 1.82) is 0 Å². The predicted molar refractivity (Wildman–Crippen MR) is 81.6 cm³/mol. The molecule has 0 saturated carbocycles. The predicted octanol–water partition coefficient (Wildman–Crippen LogP) is 2.81. The highest BCUT2D eigenvalue weighted by atomic mass is 19.4. The maximum atomic E-state index is 12.9. The summed E-state index contributed by atoms with van der Waals surface area (Å²) in [5, 5.41) is 13.8. The quantitative estimate of drug-likeness (QED) is 0.795. The van der Waals surface area contributed by atoms with Gasteiger partial charge in [0.15, 0.2) is 0 Å². The van der Waals surface area contributed by atoms with Gasteiger partial charge in [-0.3, -0.25) is 0 Å². The Bertz CT molecular complexity index is 557. The summed E-state index contributed by atoms with van der Waals surface area (Å²) >= 11 is 0. The molecule has 2 amide bonds. The number of urea groups is 1. The highest BCUT2D eigenvalue weighted by molar-refractivity contribution is 5.93. The van der Waals surface area contributed by atoms with Gasteiger partial charge in [-0.1, -0.05) is 0 Å². The Hall–Kier alpha value is -1.96. The van der Waals surface area contributed by atoms with Gasteiger partial charge < -0.3 is 20.6 Å². The molecule has 1 aliphatic heterocycles. The van der Waals surface area contributed by atoms with Gasteiger partial charge in [-0.15, -0.1) is 0 Å². The first-order chi connectivity index (χ1) is 10.8. The average molecular weight is 331 g/mol. The number of carbonyl (C=O) groups excluding carboxylic acids is 1. The number of anilines is 2. The normalized spacial score (nSPS) is 16.3. The van der Waals surface area contributed by atoms with E-state index in [2.05, 4.69) is 10.6 Å². The van der Waals surface area contributed by atoms with Crippen LogP contribution in [0.3, 0.4) is 0 Å². The van der Waals surface area contributed by atoms with Crippen molar-refractivity contribution >= 4 is 17.4 Å². The fourth-order valence-electron chi connectivity index (χ4n) is 2.47. The molecule has 1 saturated heterocycles. The van der Waals surface area contributed by atoms with Crippen LogP contribution in [0.2, 0.25) is 0 Å². The third-order valence-electron chi connectivity index (χ3n) is 3.67. The zero-order chi connectivity index (χ0) is 17.0. The Labute approximate surface area is 132 Å². The number of halogens is 3. The van der Waals surface area contributed by atoms with Crippen molar-refractivity contribution in [2.24, 2.45) is 0 Å². The first-order valence-electron chi connectivity index (χ1n) is 7.46. The molecule has 2 rings (SSSR count). The van der Waals surface area contributed by atoms with E-state index in [1.165, 1.54) is 6.07 Å². The van der Waals surface area contributed by atoms with Gasteiger partial charge in [-0.2, -0.15) is 13.2 Å².